The monoisotopic (exact) mass is 508 g/mol. The zero-order valence-electron chi connectivity index (χ0n) is 17.0. The third-order valence-corrected chi connectivity index (χ3v) is 4.83. The number of guanidine groups is 1. The lowest BCUT2D eigenvalue weighted by molar-refractivity contribution is -0.130. The highest BCUT2D eigenvalue weighted by molar-refractivity contribution is 14.0. The number of hydrogen-bond donors (Lipinski definition) is 2. The Morgan fingerprint density at radius 2 is 1.83 bits per heavy atom. The number of halogens is 1. The average Bonchev–Trinajstić information content (AvgIpc) is 2.74. The van der Waals surface area contributed by atoms with Crippen molar-refractivity contribution in [1.82, 2.24) is 15.5 Å². The maximum absolute atomic E-state index is 12.6. The number of rotatable bonds is 6. The van der Waals surface area contributed by atoms with Gasteiger partial charge in [0.1, 0.15) is 5.75 Å². The van der Waals surface area contributed by atoms with E-state index in [9.17, 15) is 4.79 Å². The van der Waals surface area contributed by atoms with E-state index < -0.39 is 0 Å². The van der Waals surface area contributed by atoms with Gasteiger partial charge in [-0.25, -0.2) is 0 Å². The Hall–Kier alpha value is -2.29. The first-order valence-corrected chi connectivity index (χ1v) is 9.71. The van der Waals surface area contributed by atoms with Crippen LogP contribution >= 0.6 is 24.0 Å². The molecule has 1 heterocycles. The van der Waals surface area contributed by atoms with Crippen molar-refractivity contribution in [2.45, 2.75) is 26.4 Å². The molecule has 0 spiro atoms. The molecule has 1 aliphatic heterocycles. The van der Waals surface area contributed by atoms with Gasteiger partial charge >= 0.3 is 0 Å². The first-order valence-electron chi connectivity index (χ1n) is 9.71. The minimum Gasteiger partial charge on any atom is -0.494 e. The SMILES string of the molecule is CCOc1ccccc1CNC(=NC)NCC(=O)N1CCc2ccccc2C1.I. The Balaban J connectivity index is 0.00000300. The van der Waals surface area contributed by atoms with Crippen LogP contribution in [0.2, 0.25) is 0 Å². The first-order chi connectivity index (χ1) is 13.7. The van der Waals surface area contributed by atoms with Crippen molar-refractivity contribution in [3.05, 3.63) is 65.2 Å². The van der Waals surface area contributed by atoms with Gasteiger partial charge in [0.15, 0.2) is 5.96 Å². The topological polar surface area (TPSA) is 66.0 Å². The number of aliphatic imine (C=N–C) groups is 1. The van der Waals surface area contributed by atoms with Crippen LogP contribution in [-0.4, -0.2) is 43.5 Å². The Morgan fingerprint density at radius 3 is 2.59 bits per heavy atom. The van der Waals surface area contributed by atoms with E-state index in [0.717, 1.165) is 24.3 Å². The minimum absolute atomic E-state index is 0. The summed E-state index contributed by atoms with van der Waals surface area (Å²) in [5.41, 5.74) is 3.62. The fourth-order valence-electron chi connectivity index (χ4n) is 3.33. The Morgan fingerprint density at radius 1 is 1.10 bits per heavy atom. The van der Waals surface area contributed by atoms with Crippen molar-refractivity contribution in [3.8, 4) is 5.75 Å². The normalized spacial score (nSPS) is 13.2. The lowest BCUT2D eigenvalue weighted by atomic mass is 10.00. The summed E-state index contributed by atoms with van der Waals surface area (Å²) >= 11 is 0. The number of hydrogen-bond acceptors (Lipinski definition) is 3. The Bertz CT molecular complexity index is 841. The smallest absolute Gasteiger partial charge is 0.242 e. The standard InChI is InChI=1S/C22H28N4O2.HI/c1-3-28-20-11-7-6-9-18(20)14-24-22(23-2)25-15-21(27)26-13-12-17-8-4-5-10-19(17)16-26;/h4-11H,3,12-16H2,1-2H3,(H2,23,24,25);1H. The van der Waals surface area contributed by atoms with Gasteiger partial charge in [-0.15, -0.1) is 24.0 Å². The van der Waals surface area contributed by atoms with Crippen molar-refractivity contribution < 1.29 is 9.53 Å². The van der Waals surface area contributed by atoms with Crippen molar-refractivity contribution >= 4 is 35.8 Å². The van der Waals surface area contributed by atoms with Gasteiger partial charge in [0.05, 0.1) is 13.2 Å². The molecule has 2 aromatic carbocycles. The van der Waals surface area contributed by atoms with Gasteiger partial charge in [0.2, 0.25) is 5.91 Å². The van der Waals surface area contributed by atoms with Crippen LogP contribution in [0.5, 0.6) is 5.75 Å². The molecular weight excluding hydrogens is 479 g/mol. The summed E-state index contributed by atoms with van der Waals surface area (Å²) in [7, 11) is 1.70. The van der Waals surface area contributed by atoms with E-state index >= 15 is 0 Å². The number of carbonyl (C=O) groups is 1. The third-order valence-electron chi connectivity index (χ3n) is 4.83. The zero-order valence-corrected chi connectivity index (χ0v) is 19.3. The van der Waals surface area contributed by atoms with Gasteiger partial charge < -0.3 is 20.3 Å². The van der Waals surface area contributed by atoms with Crippen molar-refractivity contribution in [2.24, 2.45) is 4.99 Å². The molecule has 2 N–H and O–H groups in total. The molecule has 0 atom stereocenters. The van der Waals surface area contributed by atoms with Gasteiger partial charge in [0.25, 0.3) is 0 Å². The number of para-hydroxylation sites is 1. The molecule has 1 aliphatic rings. The van der Waals surface area contributed by atoms with Crippen LogP contribution in [0.1, 0.15) is 23.6 Å². The summed E-state index contributed by atoms with van der Waals surface area (Å²) in [6.07, 6.45) is 0.906. The summed E-state index contributed by atoms with van der Waals surface area (Å²) in [6, 6.07) is 16.2. The quantitative estimate of drug-likeness (QED) is 0.358. The zero-order chi connectivity index (χ0) is 19.8. The molecule has 7 heteroatoms. The van der Waals surface area contributed by atoms with Crippen molar-refractivity contribution in [2.75, 3.05) is 26.7 Å². The minimum atomic E-state index is 0. The van der Waals surface area contributed by atoms with Crippen LogP contribution in [-0.2, 0) is 24.3 Å². The third kappa shape index (κ3) is 6.35. The van der Waals surface area contributed by atoms with Gasteiger partial charge in [-0.2, -0.15) is 0 Å². The number of nitrogens with one attached hydrogen (secondary N) is 2. The summed E-state index contributed by atoms with van der Waals surface area (Å²) in [5.74, 6) is 1.53. The maximum atomic E-state index is 12.6. The summed E-state index contributed by atoms with van der Waals surface area (Å²) < 4.78 is 5.65. The largest absolute Gasteiger partial charge is 0.494 e. The number of amides is 1. The van der Waals surface area contributed by atoms with E-state index in [1.807, 2.05) is 42.2 Å². The Labute approximate surface area is 189 Å². The Kier molecular flexibility index (Phi) is 9.24. The number of nitrogens with zero attached hydrogens (tertiary/aromatic N) is 2. The second kappa shape index (κ2) is 11.6. The molecule has 29 heavy (non-hydrogen) atoms. The number of carbonyl (C=O) groups excluding carboxylic acids is 1. The molecule has 0 saturated carbocycles. The van der Waals surface area contributed by atoms with Crippen LogP contribution in [0.15, 0.2) is 53.5 Å². The second-order valence-corrected chi connectivity index (χ2v) is 6.65. The molecule has 2 aromatic rings. The maximum Gasteiger partial charge on any atom is 0.242 e. The summed E-state index contributed by atoms with van der Waals surface area (Å²) in [6.45, 7) is 4.80. The van der Waals surface area contributed by atoms with E-state index in [2.05, 4.69) is 33.8 Å². The van der Waals surface area contributed by atoms with Crippen LogP contribution in [0.25, 0.3) is 0 Å². The van der Waals surface area contributed by atoms with Gasteiger partial charge in [-0.05, 0) is 30.5 Å². The molecule has 0 bridgehead atoms. The molecule has 0 unspecified atom stereocenters. The summed E-state index contributed by atoms with van der Waals surface area (Å²) in [5, 5.41) is 6.37. The second-order valence-electron chi connectivity index (χ2n) is 6.65. The number of benzene rings is 2. The van der Waals surface area contributed by atoms with E-state index in [-0.39, 0.29) is 36.4 Å². The molecule has 156 valence electrons. The van der Waals surface area contributed by atoms with E-state index in [0.29, 0.717) is 25.7 Å². The van der Waals surface area contributed by atoms with E-state index in [1.165, 1.54) is 11.1 Å². The average molecular weight is 508 g/mol. The van der Waals surface area contributed by atoms with E-state index in [4.69, 9.17) is 4.74 Å². The molecule has 3 rings (SSSR count). The molecule has 0 fully saturated rings. The number of ether oxygens (including phenoxy) is 1. The highest BCUT2D eigenvalue weighted by Gasteiger charge is 2.20. The lowest BCUT2D eigenvalue weighted by Crippen LogP contribution is -2.45. The molecular formula is C22H29IN4O2. The molecule has 1 amide bonds. The van der Waals surface area contributed by atoms with E-state index in [1.54, 1.807) is 7.05 Å². The van der Waals surface area contributed by atoms with Crippen LogP contribution in [0, 0.1) is 0 Å². The van der Waals surface area contributed by atoms with Crippen LogP contribution in [0.4, 0.5) is 0 Å². The van der Waals surface area contributed by atoms with Gasteiger partial charge in [-0.1, -0.05) is 42.5 Å². The summed E-state index contributed by atoms with van der Waals surface area (Å²) in [4.78, 5) is 18.7. The van der Waals surface area contributed by atoms with Crippen molar-refractivity contribution in [1.29, 1.82) is 0 Å². The lowest BCUT2D eigenvalue weighted by Gasteiger charge is -2.29. The van der Waals surface area contributed by atoms with Gasteiger partial charge in [0, 0.05) is 32.2 Å². The number of fused-ring (bicyclic) bond motifs is 1. The highest BCUT2D eigenvalue weighted by Crippen LogP contribution is 2.18. The molecule has 6 nitrogen and oxygen atoms in total. The molecule has 0 saturated heterocycles. The highest BCUT2D eigenvalue weighted by atomic mass is 127. The predicted octanol–water partition coefficient (Wildman–Crippen LogP) is 2.95. The van der Waals surface area contributed by atoms with Crippen molar-refractivity contribution in [3.63, 3.8) is 0 Å². The fraction of sp³-hybridized carbons (Fsp3) is 0.364. The fourth-order valence-corrected chi connectivity index (χ4v) is 3.33. The van der Waals surface area contributed by atoms with Crippen LogP contribution in [0.3, 0.4) is 0 Å². The van der Waals surface area contributed by atoms with Crippen LogP contribution < -0.4 is 15.4 Å². The molecule has 0 radical (unpaired) electrons. The van der Waals surface area contributed by atoms with Gasteiger partial charge in [-0.3, -0.25) is 9.79 Å². The molecule has 0 aromatic heterocycles. The predicted molar refractivity (Wildman–Crippen MR) is 127 cm³/mol. The molecule has 0 aliphatic carbocycles. The first kappa shape index (κ1) is 23.0.